The molecule has 2 aromatic rings. The molecule has 2 atom stereocenters. The molecule has 7 heteroatoms. The molecule has 140 valence electrons. The van der Waals surface area contributed by atoms with Crippen LogP contribution in [0.25, 0.3) is 0 Å². The highest BCUT2D eigenvalue weighted by molar-refractivity contribution is 5.74. The molecule has 2 amide bonds. The number of ether oxygens (including phenoxy) is 1. The van der Waals surface area contributed by atoms with Crippen LogP contribution in [0, 0.1) is 13.8 Å². The summed E-state index contributed by atoms with van der Waals surface area (Å²) in [5, 5.41) is 6.85. The molecule has 1 fully saturated rings. The molecule has 7 nitrogen and oxygen atoms in total. The Bertz CT molecular complexity index is 746. The minimum absolute atomic E-state index is 0.0775. The number of aromatic nitrogens is 2. The smallest absolute Gasteiger partial charge is 0.317 e. The largest absolute Gasteiger partial charge is 0.491 e. The summed E-state index contributed by atoms with van der Waals surface area (Å²) in [6.07, 6.45) is 1.88. The average molecular weight is 358 g/mol. The van der Waals surface area contributed by atoms with Gasteiger partial charge in [0, 0.05) is 13.1 Å². The van der Waals surface area contributed by atoms with Gasteiger partial charge in [-0.3, -0.25) is 0 Å². The first-order chi connectivity index (χ1) is 12.5. The molecule has 3 rings (SSSR count). The molecule has 0 unspecified atom stereocenters. The fourth-order valence-electron chi connectivity index (χ4n) is 3.11. The van der Waals surface area contributed by atoms with Crippen LogP contribution in [0.4, 0.5) is 4.79 Å². The number of urea groups is 1. The predicted octanol–water partition coefficient (Wildman–Crippen LogP) is 3.04. The number of aryl methyl sites for hydroxylation is 2. The summed E-state index contributed by atoms with van der Waals surface area (Å²) in [6, 6.07) is 7.72. The fourth-order valence-corrected chi connectivity index (χ4v) is 3.11. The van der Waals surface area contributed by atoms with Crippen LogP contribution in [0.5, 0.6) is 5.75 Å². The van der Waals surface area contributed by atoms with E-state index in [1.807, 2.05) is 43.0 Å². The maximum absolute atomic E-state index is 12.5. The maximum Gasteiger partial charge on any atom is 0.317 e. The maximum atomic E-state index is 12.5. The number of carbonyl (C=O) groups excluding carboxylic acids is 1. The predicted molar refractivity (Wildman–Crippen MR) is 97.3 cm³/mol. The summed E-state index contributed by atoms with van der Waals surface area (Å²) >= 11 is 0. The third-order valence-corrected chi connectivity index (χ3v) is 4.46. The third kappa shape index (κ3) is 4.74. The number of piperidine rings is 1. The van der Waals surface area contributed by atoms with Crippen molar-refractivity contribution in [3.63, 3.8) is 0 Å². The molecule has 1 aliphatic heterocycles. The van der Waals surface area contributed by atoms with Gasteiger partial charge < -0.3 is 19.5 Å². The zero-order chi connectivity index (χ0) is 18.5. The highest BCUT2D eigenvalue weighted by atomic mass is 16.5. The minimum atomic E-state index is -0.0889. The van der Waals surface area contributed by atoms with E-state index in [-0.39, 0.29) is 18.0 Å². The number of rotatable bonds is 5. The van der Waals surface area contributed by atoms with Crippen molar-refractivity contribution in [2.24, 2.45) is 0 Å². The third-order valence-electron chi connectivity index (χ3n) is 4.46. The summed E-state index contributed by atoms with van der Waals surface area (Å²) in [7, 11) is 0. The first kappa shape index (κ1) is 18.2. The molecule has 26 heavy (non-hydrogen) atoms. The molecule has 1 N–H and O–H groups in total. The van der Waals surface area contributed by atoms with Gasteiger partial charge in [0.05, 0.1) is 12.0 Å². The second-order valence-corrected chi connectivity index (χ2v) is 6.94. The van der Waals surface area contributed by atoms with Crippen LogP contribution in [0.3, 0.4) is 0 Å². The Morgan fingerprint density at radius 2 is 2.31 bits per heavy atom. The number of hydrogen-bond donors (Lipinski definition) is 1. The van der Waals surface area contributed by atoms with Crippen molar-refractivity contribution in [2.45, 2.75) is 45.6 Å². The Balaban J connectivity index is 1.49. The van der Waals surface area contributed by atoms with Gasteiger partial charge in [-0.25, -0.2) is 4.79 Å². The molecular weight excluding hydrogens is 332 g/mol. The van der Waals surface area contributed by atoms with E-state index in [0.29, 0.717) is 24.9 Å². The van der Waals surface area contributed by atoms with E-state index in [2.05, 4.69) is 15.5 Å². The molecule has 1 aromatic carbocycles. The number of nitrogens with zero attached hydrogens (tertiary/aromatic N) is 3. The molecule has 2 heterocycles. The van der Waals surface area contributed by atoms with Crippen LogP contribution < -0.4 is 10.1 Å². The van der Waals surface area contributed by atoms with Crippen molar-refractivity contribution in [2.75, 3.05) is 19.7 Å². The number of amides is 2. The number of nitrogens with one attached hydrogen (secondary N) is 1. The van der Waals surface area contributed by atoms with E-state index >= 15 is 0 Å². The van der Waals surface area contributed by atoms with Crippen LogP contribution in [0.2, 0.25) is 0 Å². The molecule has 1 saturated heterocycles. The fraction of sp³-hybridized carbons (Fsp3) is 0.526. The summed E-state index contributed by atoms with van der Waals surface area (Å²) in [4.78, 5) is 18.7. The van der Waals surface area contributed by atoms with Gasteiger partial charge in [0.25, 0.3) is 0 Å². The van der Waals surface area contributed by atoms with Crippen molar-refractivity contribution in [1.29, 1.82) is 0 Å². The van der Waals surface area contributed by atoms with E-state index in [4.69, 9.17) is 9.26 Å². The monoisotopic (exact) mass is 358 g/mol. The molecule has 0 spiro atoms. The Kier molecular flexibility index (Phi) is 5.75. The molecule has 1 aromatic heterocycles. The number of hydrogen-bond acceptors (Lipinski definition) is 5. The van der Waals surface area contributed by atoms with Gasteiger partial charge >= 0.3 is 6.03 Å². The van der Waals surface area contributed by atoms with E-state index < -0.39 is 0 Å². The van der Waals surface area contributed by atoms with Crippen LogP contribution in [0.1, 0.15) is 43.0 Å². The van der Waals surface area contributed by atoms with Gasteiger partial charge in [-0.2, -0.15) is 4.98 Å². The first-order valence-electron chi connectivity index (χ1n) is 9.06. The van der Waals surface area contributed by atoms with Crippen molar-refractivity contribution >= 4 is 6.03 Å². The van der Waals surface area contributed by atoms with Crippen LogP contribution in [-0.2, 0) is 0 Å². The lowest BCUT2D eigenvalue weighted by molar-refractivity contribution is 0.164. The van der Waals surface area contributed by atoms with Gasteiger partial charge in [-0.15, -0.1) is 0 Å². The summed E-state index contributed by atoms with van der Waals surface area (Å²) in [5.41, 5.74) is 1.15. The Labute approximate surface area is 153 Å². The van der Waals surface area contributed by atoms with Crippen molar-refractivity contribution in [1.82, 2.24) is 20.4 Å². The molecule has 0 radical (unpaired) electrons. The van der Waals surface area contributed by atoms with Crippen LogP contribution in [0.15, 0.2) is 28.8 Å². The molecule has 0 bridgehead atoms. The lowest BCUT2D eigenvalue weighted by Crippen LogP contribution is -2.48. The summed E-state index contributed by atoms with van der Waals surface area (Å²) in [5.74, 6) is 2.17. The Morgan fingerprint density at radius 1 is 1.46 bits per heavy atom. The second-order valence-electron chi connectivity index (χ2n) is 6.94. The van der Waals surface area contributed by atoms with E-state index in [1.54, 1.807) is 6.92 Å². The minimum Gasteiger partial charge on any atom is -0.491 e. The zero-order valence-corrected chi connectivity index (χ0v) is 15.6. The van der Waals surface area contributed by atoms with E-state index in [1.165, 1.54) is 0 Å². The Morgan fingerprint density at radius 3 is 3.04 bits per heavy atom. The van der Waals surface area contributed by atoms with E-state index in [9.17, 15) is 4.79 Å². The lowest BCUT2D eigenvalue weighted by Gasteiger charge is -2.32. The second kappa shape index (κ2) is 8.21. The van der Waals surface area contributed by atoms with Crippen molar-refractivity contribution < 1.29 is 14.1 Å². The highest BCUT2D eigenvalue weighted by Crippen LogP contribution is 2.25. The lowest BCUT2D eigenvalue weighted by atomic mass is 9.98. The summed E-state index contributed by atoms with van der Waals surface area (Å²) < 4.78 is 11.0. The normalized spacial score (nSPS) is 18.4. The molecule has 0 saturated carbocycles. The van der Waals surface area contributed by atoms with Gasteiger partial charge in [0.2, 0.25) is 5.89 Å². The standard InChI is InChI=1S/C19H26N4O3/c1-13-6-4-8-17(10-13)25-12-14(2)20-19(24)23-9-5-7-16(11-23)18-21-15(3)22-26-18/h4,6,8,10,14,16H,5,7,9,11-12H2,1-3H3,(H,20,24)/t14-,16+/m1/s1. The first-order valence-corrected chi connectivity index (χ1v) is 9.06. The topological polar surface area (TPSA) is 80.5 Å². The molecule has 1 aliphatic rings. The average Bonchev–Trinajstić information content (AvgIpc) is 3.07. The van der Waals surface area contributed by atoms with Gasteiger partial charge in [-0.05, 0) is 51.3 Å². The SMILES string of the molecule is Cc1cccc(OC[C@@H](C)NC(=O)N2CCC[C@H](c3nc(C)no3)C2)c1. The summed E-state index contributed by atoms with van der Waals surface area (Å²) in [6.45, 7) is 7.53. The number of benzene rings is 1. The number of likely N-dealkylation sites (tertiary alicyclic amines) is 1. The quantitative estimate of drug-likeness (QED) is 0.888. The Hall–Kier alpha value is -2.57. The van der Waals surface area contributed by atoms with Gasteiger partial charge in [0.15, 0.2) is 5.82 Å². The van der Waals surface area contributed by atoms with Gasteiger partial charge in [0.1, 0.15) is 12.4 Å². The van der Waals surface area contributed by atoms with Crippen LogP contribution in [-0.4, -0.2) is 46.8 Å². The molecule has 0 aliphatic carbocycles. The molecular formula is C19H26N4O3. The zero-order valence-electron chi connectivity index (χ0n) is 15.6. The van der Waals surface area contributed by atoms with Gasteiger partial charge in [-0.1, -0.05) is 17.3 Å². The van der Waals surface area contributed by atoms with E-state index in [0.717, 1.165) is 30.7 Å². The van der Waals surface area contributed by atoms with Crippen molar-refractivity contribution in [3.05, 3.63) is 41.5 Å². The van der Waals surface area contributed by atoms with Crippen LogP contribution >= 0.6 is 0 Å². The number of carbonyl (C=O) groups is 1. The highest BCUT2D eigenvalue weighted by Gasteiger charge is 2.28. The van der Waals surface area contributed by atoms with Crippen molar-refractivity contribution in [3.8, 4) is 5.75 Å².